The Balaban J connectivity index is 1.28. The lowest BCUT2D eigenvalue weighted by atomic mass is 9.99. The van der Waals surface area contributed by atoms with Crippen molar-refractivity contribution in [3.8, 4) is 0 Å². The van der Waals surface area contributed by atoms with Gasteiger partial charge in [-0.15, -0.1) is 0 Å². The van der Waals surface area contributed by atoms with Crippen LogP contribution in [0.4, 0.5) is 4.39 Å². The second kappa shape index (κ2) is 7.42. The van der Waals surface area contributed by atoms with E-state index in [0.717, 1.165) is 43.9 Å². The molecular formula is C20H26FNO3. The molecule has 2 saturated heterocycles. The summed E-state index contributed by atoms with van der Waals surface area (Å²) in [5.74, 6) is 0.559. The van der Waals surface area contributed by atoms with Crippen LogP contribution in [0.2, 0.25) is 0 Å². The van der Waals surface area contributed by atoms with Gasteiger partial charge in [-0.1, -0.05) is 12.1 Å². The standard InChI is InChI=1S/C20H26FNO3/c21-16-3-1-2-15(10-16)11-20(23)22-9-8-19-18(22)7-6-17(25-19)13-24-12-14-4-5-14/h1-3,10,14,17-19H,4-9,11-13H2/t17-,18+,19+/m1/s1. The average Bonchev–Trinajstić information content (AvgIpc) is 3.32. The first-order chi connectivity index (χ1) is 12.2. The highest BCUT2D eigenvalue weighted by Crippen LogP contribution is 2.33. The molecule has 136 valence electrons. The van der Waals surface area contributed by atoms with E-state index in [1.165, 1.54) is 25.0 Å². The van der Waals surface area contributed by atoms with Gasteiger partial charge in [-0.2, -0.15) is 0 Å². The second-order valence-corrected chi connectivity index (χ2v) is 7.60. The van der Waals surface area contributed by atoms with Gasteiger partial charge in [-0.3, -0.25) is 4.79 Å². The van der Waals surface area contributed by atoms with Crippen molar-refractivity contribution in [2.45, 2.75) is 56.8 Å². The fraction of sp³-hybridized carbons (Fsp3) is 0.650. The zero-order chi connectivity index (χ0) is 17.2. The van der Waals surface area contributed by atoms with Crippen LogP contribution < -0.4 is 0 Å². The van der Waals surface area contributed by atoms with Crippen LogP contribution in [0, 0.1) is 11.7 Å². The number of carbonyl (C=O) groups excluding carboxylic acids is 1. The maximum Gasteiger partial charge on any atom is 0.227 e. The van der Waals surface area contributed by atoms with Crippen LogP contribution in [0.25, 0.3) is 0 Å². The van der Waals surface area contributed by atoms with Crippen LogP contribution >= 0.6 is 0 Å². The molecule has 3 fully saturated rings. The predicted octanol–water partition coefficient (Wildman–Crippen LogP) is 2.94. The molecule has 0 bridgehead atoms. The first-order valence-electron chi connectivity index (χ1n) is 9.46. The highest BCUT2D eigenvalue weighted by molar-refractivity contribution is 5.79. The highest BCUT2D eigenvalue weighted by Gasteiger charge is 2.41. The van der Waals surface area contributed by atoms with Gasteiger partial charge in [0.05, 0.1) is 31.3 Å². The fourth-order valence-electron chi connectivity index (χ4n) is 4.00. The lowest BCUT2D eigenvalue weighted by Gasteiger charge is -2.36. The minimum absolute atomic E-state index is 0.0742. The molecule has 1 amide bonds. The normalized spacial score (nSPS) is 28.8. The van der Waals surface area contributed by atoms with E-state index in [2.05, 4.69) is 0 Å². The molecule has 0 radical (unpaired) electrons. The summed E-state index contributed by atoms with van der Waals surface area (Å²) in [6.07, 6.45) is 5.95. The summed E-state index contributed by atoms with van der Waals surface area (Å²) in [6, 6.07) is 6.47. The van der Waals surface area contributed by atoms with Crippen LogP contribution in [-0.2, 0) is 20.7 Å². The Bertz CT molecular complexity index is 619. The fourth-order valence-corrected chi connectivity index (χ4v) is 4.00. The number of likely N-dealkylation sites (tertiary alicyclic amines) is 1. The smallest absolute Gasteiger partial charge is 0.227 e. The van der Waals surface area contributed by atoms with Crippen molar-refractivity contribution in [3.05, 3.63) is 35.6 Å². The molecule has 0 aromatic heterocycles. The number of nitrogens with zero attached hydrogens (tertiary/aromatic N) is 1. The molecule has 2 heterocycles. The lowest BCUT2D eigenvalue weighted by molar-refractivity contribution is -0.138. The summed E-state index contributed by atoms with van der Waals surface area (Å²) in [7, 11) is 0. The molecule has 0 N–H and O–H groups in total. The predicted molar refractivity (Wildman–Crippen MR) is 91.7 cm³/mol. The van der Waals surface area contributed by atoms with Crippen LogP contribution in [-0.4, -0.2) is 48.8 Å². The van der Waals surface area contributed by atoms with E-state index in [-0.39, 0.29) is 36.4 Å². The van der Waals surface area contributed by atoms with Gasteiger partial charge in [0.1, 0.15) is 5.82 Å². The molecule has 1 saturated carbocycles. The lowest BCUT2D eigenvalue weighted by Crippen LogP contribution is -2.46. The van der Waals surface area contributed by atoms with E-state index in [1.54, 1.807) is 12.1 Å². The molecule has 1 aromatic carbocycles. The number of amides is 1. The molecule has 4 nitrogen and oxygen atoms in total. The van der Waals surface area contributed by atoms with Crippen molar-refractivity contribution in [1.29, 1.82) is 0 Å². The van der Waals surface area contributed by atoms with Crippen LogP contribution in [0.15, 0.2) is 24.3 Å². The third-order valence-electron chi connectivity index (χ3n) is 5.55. The molecule has 0 spiro atoms. The molecule has 5 heteroatoms. The van der Waals surface area contributed by atoms with Gasteiger partial charge in [-0.05, 0) is 55.7 Å². The van der Waals surface area contributed by atoms with Crippen LogP contribution in [0.1, 0.15) is 37.7 Å². The Morgan fingerprint density at radius 2 is 2.08 bits per heavy atom. The van der Waals surface area contributed by atoms with Crippen molar-refractivity contribution in [2.24, 2.45) is 5.92 Å². The van der Waals surface area contributed by atoms with Crippen molar-refractivity contribution in [3.63, 3.8) is 0 Å². The molecular weight excluding hydrogens is 321 g/mol. The third kappa shape index (κ3) is 4.21. The third-order valence-corrected chi connectivity index (χ3v) is 5.55. The van der Waals surface area contributed by atoms with Crippen molar-refractivity contribution < 1.29 is 18.7 Å². The first-order valence-corrected chi connectivity index (χ1v) is 9.46. The number of ether oxygens (including phenoxy) is 2. The first kappa shape index (κ1) is 17.0. The second-order valence-electron chi connectivity index (χ2n) is 7.60. The quantitative estimate of drug-likeness (QED) is 0.794. The summed E-state index contributed by atoms with van der Waals surface area (Å²) in [6.45, 7) is 2.28. The molecule has 0 unspecified atom stereocenters. The van der Waals surface area contributed by atoms with E-state index < -0.39 is 0 Å². The maximum atomic E-state index is 13.3. The molecule has 25 heavy (non-hydrogen) atoms. The number of halogens is 1. The van der Waals surface area contributed by atoms with Crippen LogP contribution in [0.3, 0.4) is 0 Å². The molecule has 2 aliphatic heterocycles. The van der Waals surface area contributed by atoms with Gasteiger partial charge >= 0.3 is 0 Å². The summed E-state index contributed by atoms with van der Waals surface area (Å²) in [5.41, 5.74) is 0.733. The number of fused-ring (bicyclic) bond motifs is 1. The Morgan fingerprint density at radius 1 is 1.20 bits per heavy atom. The average molecular weight is 347 g/mol. The van der Waals surface area contributed by atoms with Gasteiger partial charge in [0.2, 0.25) is 5.91 Å². The number of carbonyl (C=O) groups is 1. The molecule has 3 aliphatic rings. The van der Waals surface area contributed by atoms with Gasteiger partial charge in [0.15, 0.2) is 0 Å². The maximum absolute atomic E-state index is 13.3. The van der Waals surface area contributed by atoms with Gasteiger partial charge < -0.3 is 14.4 Å². The summed E-state index contributed by atoms with van der Waals surface area (Å²) < 4.78 is 25.3. The van der Waals surface area contributed by atoms with E-state index in [9.17, 15) is 9.18 Å². The molecule has 3 atom stereocenters. The Morgan fingerprint density at radius 3 is 2.88 bits per heavy atom. The molecule has 1 aliphatic carbocycles. The summed E-state index contributed by atoms with van der Waals surface area (Å²) in [5, 5.41) is 0. The zero-order valence-corrected chi connectivity index (χ0v) is 14.5. The largest absolute Gasteiger partial charge is 0.378 e. The highest BCUT2D eigenvalue weighted by atomic mass is 19.1. The van der Waals surface area contributed by atoms with Crippen molar-refractivity contribution in [1.82, 2.24) is 4.90 Å². The number of hydrogen-bond donors (Lipinski definition) is 0. The Kier molecular flexibility index (Phi) is 5.04. The molecule has 1 aromatic rings. The zero-order valence-electron chi connectivity index (χ0n) is 14.5. The Labute approximate surface area is 148 Å². The number of rotatable bonds is 6. The van der Waals surface area contributed by atoms with E-state index in [1.807, 2.05) is 4.90 Å². The molecule has 4 rings (SSSR count). The van der Waals surface area contributed by atoms with Crippen molar-refractivity contribution >= 4 is 5.91 Å². The minimum atomic E-state index is -0.292. The Hall–Kier alpha value is -1.46. The minimum Gasteiger partial charge on any atom is -0.378 e. The monoisotopic (exact) mass is 347 g/mol. The number of hydrogen-bond acceptors (Lipinski definition) is 3. The SMILES string of the molecule is O=C(Cc1cccc(F)c1)N1CC[C@@H]2O[C@@H](COCC3CC3)CC[C@@H]21. The van der Waals surface area contributed by atoms with Gasteiger partial charge in [0, 0.05) is 13.2 Å². The van der Waals surface area contributed by atoms with E-state index >= 15 is 0 Å². The summed E-state index contributed by atoms with van der Waals surface area (Å²) >= 11 is 0. The van der Waals surface area contributed by atoms with Crippen molar-refractivity contribution in [2.75, 3.05) is 19.8 Å². The number of benzene rings is 1. The van der Waals surface area contributed by atoms with Gasteiger partial charge in [0.25, 0.3) is 0 Å². The van der Waals surface area contributed by atoms with E-state index in [0.29, 0.717) is 6.61 Å². The van der Waals surface area contributed by atoms with Gasteiger partial charge in [-0.25, -0.2) is 4.39 Å². The van der Waals surface area contributed by atoms with Crippen LogP contribution in [0.5, 0.6) is 0 Å². The topological polar surface area (TPSA) is 38.8 Å². The van der Waals surface area contributed by atoms with E-state index in [4.69, 9.17) is 9.47 Å². The summed E-state index contributed by atoms with van der Waals surface area (Å²) in [4.78, 5) is 14.6.